The third-order valence-electron chi connectivity index (χ3n) is 7.55. The first kappa shape index (κ1) is 40.8. The second-order valence-electron chi connectivity index (χ2n) is 11.2. The first-order chi connectivity index (χ1) is 21.5. The van der Waals surface area contributed by atoms with E-state index in [1.165, 1.54) is 7.05 Å². The Morgan fingerprint density at radius 2 is 1.52 bits per heavy atom. The smallest absolute Gasteiger partial charge is 0.243 e. The van der Waals surface area contributed by atoms with Crippen molar-refractivity contribution in [1.82, 2.24) is 21.3 Å². The van der Waals surface area contributed by atoms with E-state index < -0.39 is 50.8 Å². The van der Waals surface area contributed by atoms with E-state index in [1.807, 2.05) is 68.4 Å². The predicted octanol–water partition coefficient (Wildman–Crippen LogP) is 2.69. The Hall–Kier alpha value is -3.19. The summed E-state index contributed by atoms with van der Waals surface area (Å²) in [6, 6.07) is 14.6. The van der Waals surface area contributed by atoms with Gasteiger partial charge < -0.3 is 31.1 Å². The summed E-state index contributed by atoms with van der Waals surface area (Å²) in [5.41, 5.74) is 1.81. The summed E-state index contributed by atoms with van der Waals surface area (Å²) < 4.78 is 32.2. The molecule has 0 radical (unpaired) electrons. The van der Waals surface area contributed by atoms with Gasteiger partial charge in [-0.1, -0.05) is 69.2 Å². The Bertz CT molecular complexity index is 1310. The van der Waals surface area contributed by atoms with Gasteiger partial charge in [0, 0.05) is 33.0 Å². The summed E-state index contributed by atoms with van der Waals surface area (Å²) in [6.45, 7) is 4.38. The number of aliphatic hydroxyl groups is 1. The number of ether oxygens (including phenoxy) is 1. The summed E-state index contributed by atoms with van der Waals surface area (Å²) in [7, 11) is -0.738. The lowest BCUT2D eigenvalue weighted by atomic mass is 10.0. The number of rotatable bonds is 21. The molecule has 2 rings (SSSR count). The van der Waals surface area contributed by atoms with Crippen LogP contribution in [0.3, 0.4) is 0 Å². The van der Waals surface area contributed by atoms with Crippen LogP contribution < -0.4 is 26.0 Å². The monoisotopic (exact) mass is 682 g/mol. The number of aliphatic hydroxyl groups excluding tert-OH is 1. The minimum Gasteiger partial charge on any atom is -0.497 e. The number of hydrogen-bond donors (Lipinski definition) is 5. The van der Waals surface area contributed by atoms with Gasteiger partial charge in [0.15, 0.2) is 9.84 Å². The van der Waals surface area contributed by atoms with Crippen LogP contribution in [0.25, 0.3) is 0 Å². The summed E-state index contributed by atoms with van der Waals surface area (Å²) in [5, 5.41) is 21.6. The molecule has 2 aromatic carbocycles. The standard InChI is InChI=1S/C33H50N4O7S.ClH/c1-5-11-27(12-6-2)45(42,43)23-29(36-32(40)18-17-31(39)34-3)33(41)37-28(20-24-13-8-7-9-14-24)30(38)22-35-21-25-15-10-16-26(19-25)44-4;/h7-10,13-16,19,27-30,35,38H,5-6,11-12,17-18,20-23H2,1-4H3,(H,34,39)(H,36,40)(H,37,41);1H/t28-,29?,30+;/m0./s1. The molecule has 0 aliphatic heterocycles. The van der Waals surface area contributed by atoms with E-state index in [1.54, 1.807) is 7.11 Å². The van der Waals surface area contributed by atoms with E-state index in [-0.39, 0.29) is 44.1 Å². The Kier molecular flexibility index (Phi) is 19.2. The molecule has 0 saturated heterocycles. The fourth-order valence-corrected chi connectivity index (χ4v) is 7.20. The average Bonchev–Trinajstić information content (AvgIpc) is 3.03. The molecular weight excluding hydrogens is 632 g/mol. The fourth-order valence-electron chi connectivity index (χ4n) is 5.04. The number of amides is 3. The minimum atomic E-state index is -3.78. The number of sulfone groups is 1. The number of hydrogen-bond acceptors (Lipinski definition) is 8. The molecule has 3 amide bonds. The van der Waals surface area contributed by atoms with Crippen molar-refractivity contribution >= 4 is 40.0 Å². The number of benzene rings is 2. The molecule has 1 unspecified atom stereocenters. The summed E-state index contributed by atoms with van der Waals surface area (Å²) in [6.07, 6.45) is 1.13. The van der Waals surface area contributed by atoms with E-state index >= 15 is 0 Å². The second-order valence-corrected chi connectivity index (χ2v) is 13.5. The lowest BCUT2D eigenvalue weighted by molar-refractivity contribution is -0.130. The summed E-state index contributed by atoms with van der Waals surface area (Å²) in [4.78, 5) is 38.2. The van der Waals surface area contributed by atoms with Gasteiger partial charge in [0.25, 0.3) is 0 Å². The Morgan fingerprint density at radius 3 is 2.13 bits per heavy atom. The second kappa shape index (κ2) is 21.6. The maximum absolute atomic E-state index is 13.7. The van der Waals surface area contributed by atoms with E-state index in [0.717, 1.165) is 11.1 Å². The van der Waals surface area contributed by atoms with Gasteiger partial charge in [-0.2, -0.15) is 0 Å². The van der Waals surface area contributed by atoms with Crippen LogP contribution in [0.5, 0.6) is 5.75 Å². The quantitative estimate of drug-likeness (QED) is 0.134. The molecule has 0 bridgehead atoms. The van der Waals surface area contributed by atoms with Gasteiger partial charge in [-0.15, -0.1) is 12.4 Å². The molecule has 0 aromatic heterocycles. The largest absolute Gasteiger partial charge is 0.497 e. The predicted molar refractivity (Wildman–Crippen MR) is 183 cm³/mol. The van der Waals surface area contributed by atoms with E-state index in [9.17, 15) is 27.9 Å². The van der Waals surface area contributed by atoms with Crippen molar-refractivity contribution in [3.63, 3.8) is 0 Å². The van der Waals surface area contributed by atoms with E-state index in [2.05, 4.69) is 21.3 Å². The molecular formula is C33H51ClN4O7S. The van der Waals surface area contributed by atoms with Crippen molar-refractivity contribution in [3.05, 3.63) is 65.7 Å². The van der Waals surface area contributed by atoms with Crippen molar-refractivity contribution in [1.29, 1.82) is 0 Å². The van der Waals surface area contributed by atoms with Crippen molar-refractivity contribution in [2.75, 3.05) is 26.5 Å². The maximum atomic E-state index is 13.7. The molecule has 258 valence electrons. The molecule has 0 saturated carbocycles. The zero-order valence-electron chi connectivity index (χ0n) is 27.3. The van der Waals surface area contributed by atoms with Crippen molar-refractivity contribution < 1.29 is 32.6 Å². The molecule has 13 heteroatoms. The van der Waals surface area contributed by atoms with E-state index in [0.29, 0.717) is 38.0 Å². The van der Waals surface area contributed by atoms with Crippen LogP contribution >= 0.6 is 12.4 Å². The lowest BCUT2D eigenvalue weighted by Crippen LogP contribution is -2.57. The number of halogens is 1. The molecule has 0 aliphatic rings. The highest BCUT2D eigenvalue weighted by Gasteiger charge is 2.34. The molecule has 2 aromatic rings. The highest BCUT2D eigenvalue weighted by molar-refractivity contribution is 7.92. The van der Waals surface area contributed by atoms with Crippen LogP contribution in [0.15, 0.2) is 54.6 Å². The molecule has 46 heavy (non-hydrogen) atoms. The fraction of sp³-hybridized carbons (Fsp3) is 0.545. The Labute approximate surface area is 280 Å². The Morgan fingerprint density at radius 1 is 0.891 bits per heavy atom. The normalized spacial score (nSPS) is 13.2. The van der Waals surface area contributed by atoms with E-state index in [4.69, 9.17) is 4.74 Å². The molecule has 0 heterocycles. The minimum absolute atomic E-state index is 0. The molecule has 11 nitrogen and oxygen atoms in total. The van der Waals surface area contributed by atoms with Crippen molar-refractivity contribution in [2.24, 2.45) is 0 Å². The molecule has 5 N–H and O–H groups in total. The molecule has 0 aliphatic carbocycles. The Balaban J connectivity index is 0.0000106. The van der Waals surface area contributed by atoms with Crippen LogP contribution in [0.4, 0.5) is 0 Å². The topological polar surface area (TPSA) is 163 Å². The third kappa shape index (κ3) is 14.5. The SMILES string of the molecule is CCCC(CCC)S(=O)(=O)CC(NC(=O)CCC(=O)NC)C(=O)N[C@@H](Cc1ccccc1)[C@H](O)CNCc1cccc(OC)c1.Cl. The number of carbonyl (C=O) groups is 3. The molecule has 3 atom stereocenters. The highest BCUT2D eigenvalue weighted by atomic mass is 35.5. The molecule has 0 fully saturated rings. The van der Waals surface area contributed by atoms with Gasteiger partial charge in [-0.05, 0) is 42.5 Å². The van der Waals surface area contributed by atoms with Crippen LogP contribution in [0.1, 0.15) is 63.5 Å². The van der Waals surface area contributed by atoms with Gasteiger partial charge in [-0.3, -0.25) is 14.4 Å². The van der Waals surface area contributed by atoms with Gasteiger partial charge in [0.05, 0.1) is 30.3 Å². The van der Waals surface area contributed by atoms with Gasteiger partial charge >= 0.3 is 0 Å². The van der Waals surface area contributed by atoms with Gasteiger partial charge in [-0.25, -0.2) is 8.42 Å². The number of carbonyl (C=O) groups excluding carboxylic acids is 3. The first-order valence-corrected chi connectivity index (χ1v) is 17.3. The van der Waals surface area contributed by atoms with Crippen molar-refractivity contribution in [2.45, 2.75) is 88.8 Å². The number of methoxy groups -OCH3 is 1. The highest BCUT2D eigenvalue weighted by Crippen LogP contribution is 2.18. The summed E-state index contributed by atoms with van der Waals surface area (Å²) >= 11 is 0. The molecule has 0 spiro atoms. The summed E-state index contributed by atoms with van der Waals surface area (Å²) in [5.74, 6) is -1.56. The zero-order valence-corrected chi connectivity index (χ0v) is 28.9. The lowest BCUT2D eigenvalue weighted by Gasteiger charge is -2.28. The van der Waals surface area contributed by atoms with Gasteiger partial charge in [0.2, 0.25) is 17.7 Å². The van der Waals surface area contributed by atoms with Crippen LogP contribution in [-0.4, -0.2) is 81.1 Å². The number of nitrogens with one attached hydrogen (secondary N) is 4. The van der Waals surface area contributed by atoms with Gasteiger partial charge in [0.1, 0.15) is 11.8 Å². The van der Waals surface area contributed by atoms with Crippen LogP contribution in [-0.2, 0) is 37.2 Å². The maximum Gasteiger partial charge on any atom is 0.243 e. The zero-order chi connectivity index (χ0) is 33.2. The third-order valence-corrected chi connectivity index (χ3v) is 9.83. The van der Waals surface area contributed by atoms with Crippen LogP contribution in [0, 0.1) is 0 Å². The first-order valence-electron chi connectivity index (χ1n) is 15.6. The van der Waals surface area contributed by atoms with Crippen LogP contribution in [0.2, 0.25) is 0 Å². The van der Waals surface area contributed by atoms with Crippen molar-refractivity contribution in [3.8, 4) is 5.75 Å². The average molecular weight is 683 g/mol.